The summed E-state index contributed by atoms with van der Waals surface area (Å²) in [5.41, 5.74) is 3.93. The molecule has 1 atom stereocenters. The molecular weight excluding hydrogens is 330 g/mol. The van der Waals surface area contributed by atoms with Crippen LogP contribution in [0, 0.1) is 13.8 Å². The summed E-state index contributed by atoms with van der Waals surface area (Å²) in [6.45, 7) is 6.01. The maximum Gasteiger partial charge on any atom is 0.143 e. The highest BCUT2D eigenvalue weighted by Crippen LogP contribution is 2.36. The number of anilines is 1. The maximum atomic E-state index is 10.1. The average Bonchev–Trinajstić information content (AvgIpc) is 2.41. The maximum absolute atomic E-state index is 10.1. The lowest BCUT2D eigenvalue weighted by atomic mass is 10.0. The lowest BCUT2D eigenvalue weighted by Gasteiger charge is -2.21. The fourth-order valence-electron chi connectivity index (χ4n) is 2.37. The zero-order valence-corrected chi connectivity index (χ0v) is 14.3. The van der Waals surface area contributed by atoms with Gasteiger partial charge in [-0.1, -0.05) is 28.1 Å². The third-order valence-electron chi connectivity index (χ3n) is 3.50. The van der Waals surface area contributed by atoms with Crippen molar-refractivity contribution in [2.45, 2.75) is 26.8 Å². The quantitative estimate of drug-likeness (QED) is 0.820. The SMILES string of the molecule is COc1cc(Br)cc(C)c1NC(C)c1ccc(C)cc1O. The van der Waals surface area contributed by atoms with Gasteiger partial charge in [0.1, 0.15) is 11.5 Å². The minimum absolute atomic E-state index is 0.0284. The van der Waals surface area contributed by atoms with Crippen LogP contribution in [0.3, 0.4) is 0 Å². The molecule has 2 rings (SSSR count). The molecule has 0 saturated carbocycles. The molecule has 4 heteroatoms. The lowest BCUT2D eigenvalue weighted by molar-refractivity contribution is 0.415. The highest BCUT2D eigenvalue weighted by molar-refractivity contribution is 9.10. The molecule has 0 aliphatic heterocycles. The monoisotopic (exact) mass is 349 g/mol. The Morgan fingerprint density at radius 2 is 1.90 bits per heavy atom. The van der Waals surface area contributed by atoms with Crippen LogP contribution in [0.5, 0.6) is 11.5 Å². The fraction of sp³-hybridized carbons (Fsp3) is 0.294. The first kappa shape index (κ1) is 15.7. The highest BCUT2D eigenvalue weighted by Gasteiger charge is 2.15. The fourth-order valence-corrected chi connectivity index (χ4v) is 2.92. The van der Waals surface area contributed by atoms with Crippen molar-refractivity contribution in [1.82, 2.24) is 0 Å². The molecule has 112 valence electrons. The number of nitrogens with one attached hydrogen (secondary N) is 1. The Morgan fingerprint density at radius 3 is 2.52 bits per heavy atom. The zero-order valence-electron chi connectivity index (χ0n) is 12.7. The van der Waals surface area contributed by atoms with E-state index in [1.165, 1.54) is 0 Å². The van der Waals surface area contributed by atoms with Gasteiger partial charge >= 0.3 is 0 Å². The predicted molar refractivity (Wildman–Crippen MR) is 90.3 cm³/mol. The van der Waals surface area contributed by atoms with E-state index in [9.17, 15) is 5.11 Å². The van der Waals surface area contributed by atoms with Crippen LogP contribution in [0.2, 0.25) is 0 Å². The van der Waals surface area contributed by atoms with Gasteiger partial charge in [-0.25, -0.2) is 0 Å². The Balaban J connectivity index is 2.33. The van der Waals surface area contributed by atoms with Gasteiger partial charge in [0.15, 0.2) is 0 Å². The van der Waals surface area contributed by atoms with Crippen molar-refractivity contribution >= 4 is 21.6 Å². The van der Waals surface area contributed by atoms with Gasteiger partial charge in [-0.3, -0.25) is 0 Å². The molecule has 0 heterocycles. The highest BCUT2D eigenvalue weighted by atomic mass is 79.9. The van der Waals surface area contributed by atoms with Gasteiger partial charge in [0.2, 0.25) is 0 Å². The minimum Gasteiger partial charge on any atom is -0.508 e. The van der Waals surface area contributed by atoms with Gasteiger partial charge < -0.3 is 15.2 Å². The molecule has 3 nitrogen and oxygen atoms in total. The molecule has 1 unspecified atom stereocenters. The Bertz CT molecular complexity index is 655. The Labute approximate surface area is 134 Å². The number of aryl methyl sites for hydroxylation is 2. The number of halogens is 1. The number of aromatic hydroxyl groups is 1. The molecule has 21 heavy (non-hydrogen) atoms. The van der Waals surface area contributed by atoms with Gasteiger partial charge in [-0.2, -0.15) is 0 Å². The number of phenolic OH excluding ortho intramolecular Hbond substituents is 1. The molecule has 2 aromatic carbocycles. The Morgan fingerprint density at radius 1 is 1.19 bits per heavy atom. The van der Waals surface area contributed by atoms with Crippen molar-refractivity contribution in [2.24, 2.45) is 0 Å². The minimum atomic E-state index is -0.0284. The number of benzene rings is 2. The molecule has 0 amide bonds. The summed E-state index contributed by atoms with van der Waals surface area (Å²) >= 11 is 3.47. The lowest BCUT2D eigenvalue weighted by Crippen LogP contribution is -2.09. The van der Waals surface area contributed by atoms with E-state index in [0.717, 1.165) is 32.6 Å². The van der Waals surface area contributed by atoms with E-state index in [1.807, 2.05) is 45.0 Å². The first-order valence-corrected chi connectivity index (χ1v) is 7.62. The van der Waals surface area contributed by atoms with Crippen LogP contribution in [-0.4, -0.2) is 12.2 Å². The van der Waals surface area contributed by atoms with Crippen LogP contribution >= 0.6 is 15.9 Å². The van der Waals surface area contributed by atoms with Gasteiger partial charge in [0.25, 0.3) is 0 Å². The van der Waals surface area contributed by atoms with E-state index in [2.05, 4.69) is 21.2 Å². The molecule has 2 N–H and O–H groups in total. The van der Waals surface area contributed by atoms with Gasteiger partial charge in [0.05, 0.1) is 18.8 Å². The van der Waals surface area contributed by atoms with E-state index in [-0.39, 0.29) is 6.04 Å². The van der Waals surface area contributed by atoms with E-state index in [1.54, 1.807) is 13.2 Å². The van der Waals surface area contributed by atoms with E-state index >= 15 is 0 Å². The van der Waals surface area contributed by atoms with E-state index in [0.29, 0.717) is 5.75 Å². The van der Waals surface area contributed by atoms with Crippen LogP contribution in [0.15, 0.2) is 34.8 Å². The van der Waals surface area contributed by atoms with E-state index < -0.39 is 0 Å². The molecule has 0 bridgehead atoms. The van der Waals surface area contributed by atoms with Crippen LogP contribution in [0.4, 0.5) is 5.69 Å². The van der Waals surface area contributed by atoms with Gasteiger partial charge in [-0.15, -0.1) is 0 Å². The van der Waals surface area contributed by atoms with E-state index in [4.69, 9.17) is 4.74 Å². The van der Waals surface area contributed by atoms with Crippen LogP contribution < -0.4 is 10.1 Å². The second-order valence-electron chi connectivity index (χ2n) is 5.23. The summed E-state index contributed by atoms with van der Waals surface area (Å²) in [7, 11) is 1.65. The third-order valence-corrected chi connectivity index (χ3v) is 3.96. The van der Waals surface area contributed by atoms with Crippen molar-refractivity contribution in [2.75, 3.05) is 12.4 Å². The number of phenols is 1. The predicted octanol–water partition coefficient (Wildman–Crippen LogP) is 4.95. The van der Waals surface area contributed by atoms with Gasteiger partial charge in [-0.05, 0) is 50.1 Å². The second-order valence-corrected chi connectivity index (χ2v) is 6.14. The molecule has 0 aromatic heterocycles. The Kier molecular flexibility index (Phi) is 4.78. The summed E-state index contributed by atoms with van der Waals surface area (Å²) in [6.07, 6.45) is 0. The van der Waals surface area contributed by atoms with Crippen molar-refractivity contribution < 1.29 is 9.84 Å². The smallest absolute Gasteiger partial charge is 0.143 e. The summed E-state index contributed by atoms with van der Waals surface area (Å²) in [5.74, 6) is 1.09. The summed E-state index contributed by atoms with van der Waals surface area (Å²) < 4.78 is 6.42. The second kappa shape index (κ2) is 6.39. The molecule has 0 saturated heterocycles. The number of hydrogen-bond donors (Lipinski definition) is 2. The molecule has 0 aliphatic rings. The first-order chi connectivity index (χ1) is 9.92. The Hall–Kier alpha value is -1.68. The van der Waals surface area contributed by atoms with Crippen LogP contribution in [0.25, 0.3) is 0 Å². The standard InChI is InChI=1S/C17H20BrNO2/c1-10-5-6-14(15(20)7-10)12(3)19-17-11(2)8-13(18)9-16(17)21-4/h5-9,12,19-20H,1-4H3. The summed E-state index contributed by atoms with van der Waals surface area (Å²) in [5, 5.41) is 13.5. The van der Waals surface area contributed by atoms with Gasteiger partial charge in [0, 0.05) is 10.0 Å². The zero-order chi connectivity index (χ0) is 15.6. The molecular formula is C17H20BrNO2. The number of rotatable bonds is 4. The van der Waals surface area contributed by atoms with Crippen LogP contribution in [0.1, 0.15) is 29.7 Å². The van der Waals surface area contributed by atoms with Crippen LogP contribution in [-0.2, 0) is 0 Å². The third kappa shape index (κ3) is 3.50. The molecule has 0 radical (unpaired) electrons. The van der Waals surface area contributed by atoms with Crippen molar-refractivity contribution in [3.05, 3.63) is 51.5 Å². The molecule has 0 fully saturated rings. The molecule has 2 aromatic rings. The largest absolute Gasteiger partial charge is 0.508 e. The van der Waals surface area contributed by atoms with Crippen molar-refractivity contribution in [3.63, 3.8) is 0 Å². The molecule has 0 spiro atoms. The summed E-state index contributed by atoms with van der Waals surface area (Å²) in [4.78, 5) is 0. The average molecular weight is 350 g/mol. The van der Waals surface area contributed by atoms with Crippen molar-refractivity contribution in [1.29, 1.82) is 0 Å². The topological polar surface area (TPSA) is 41.5 Å². The first-order valence-electron chi connectivity index (χ1n) is 6.82. The number of hydrogen-bond acceptors (Lipinski definition) is 3. The number of methoxy groups -OCH3 is 1. The normalized spacial score (nSPS) is 12.0. The number of ether oxygens (including phenoxy) is 1. The molecule has 0 aliphatic carbocycles. The summed E-state index contributed by atoms with van der Waals surface area (Å²) in [6, 6.07) is 9.66. The van der Waals surface area contributed by atoms with Crippen molar-refractivity contribution in [3.8, 4) is 11.5 Å².